The third-order valence-electron chi connectivity index (χ3n) is 9.09. The molecule has 5 rings (SSSR count). The molecule has 234 valence electrons. The summed E-state index contributed by atoms with van der Waals surface area (Å²) in [5.74, 6) is -0.787. The van der Waals surface area contributed by atoms with Crippen molar-refractivity contribution in [1.82, 2.24) is 14.9 Å². The number of carbonyl (C=O) groups excluding carboxylic acids is 1. The molecule has 1 fully saturated rings. The first kappa shape index (κ1) is 31.6. The number of aryl methyl sites for hydroxylation is 2. The zero-order chi connectivity index (χ0) is 31.2. The van der Waals surface area contributed by atoms with E-state index in [1.165, 1.54) is 6.07 Å². The second kappa shape index (κ2) is 14.3. The lowest BCUT2D eigenvalue weighted by atomic mass is 9.83. The Kier molecular flexibility index (Phi) is 10.3. The van der Waals surface area contributed by atoms with Gasteiger partial charge in [0.15, 0.2) is 0 Å². The predicted molar refractivity (Wildman–Crippen MR) is 167 cm³/mol. The molecule has 0 bridgehead atoms. The van der Waals surface area contributed by atoms with Crippen LogP contribution in [0.5, 0.6) is 5.75 Å². The van der Waals surface area contributed by atoms with Crippen LogP contribution in [0.1, 0.15) is 74.4 Å². The number of carbonyl (C=O) groups is 2. The molecule has 8 nitrogen and oxygen atoms in total. The fourth-order valence-electron chi connectivity index (χ4n) is 7.02. The van der Waals surface area contributed by atoms with Gasteiger partial charge in [0, 0.05) is 55.5 Å². The number of nitrogens with zero attached hydrogens (tertiary/aromatic N) is 4. The van der Waals surface area contributed by atoms with Crippen molar-refractivity contribution < 1.29 is 23.8 Å². The van der Waals surface area contributed by atoms with Crippen molar-refractivity contribution in [3.63, 3.8) is 0 Å². The minimum absolute atomic E-state index is 0.0380. The van der Waals surface area contributed by atoms with Crippen LogP contribution in [0.4, 0.5) is 10.1 Å². The molecule has 9 heteroatoms. The Hall–Kier alpha value is -3.85. The lowest BCUT2D eigenvalue weighted by molar-refractivity contribution is -0.143. The number of amides is 1. The van der Waals surface area contributed by atoms with Crippen molar-refractivity contribution >= 4 is 17.6 Å². The van der Waals surface area contributed by atoms with Gasteiger partial charge >= 0.3 is 5.97 Å². The van der Waals surface area contributed by atoms with Crippen LogP contribution in [0.2, 0.25) is 0 Å². The van der Waals surface area contributed by atoms with Crippen LogP contribution in [0.15, 0.2) is 54.9 Å². The van der Waals surface area contributed by atoms with Gasteiger partial charge in [-0.05, 0) is 73.2 Å². The highest BCUT2D eigenvalue weighted by atomic mass is 19.1. The molecule has 44 heavy (non-hydrogen) atoms. The molecule has 1 saturated heterocycles. The molecular formula is C35H43FN4O4. The van der Waals surface area contributed by atoms with E-state index in [1.54, 1.807) is 37.5 Å². The van der Waals surface area contributed by atoms with Gasteiger partial charge in [0.1, 0.15) is 17.4 Å². The van der Waals surface area contributed by atoms with Crippen LogP contribution in [0.3, 0.4) is 0 Å². The van der Waals surface area contributed by atoms with Crippen molar-refractivity contribution in [2.75, 3.05) is 24.6 Å². The third kappa shape index (κ3) is 6.93. The predicted octanol–water partition coefficient (Wildman–Crippen LogP) is 5.96. The summed E-state index contributed by atoms with van der Waals surface area (Å²) in [5.41, 5.74) is 3.22. The van der Waals surface area contributed by atoms with Gasteiger partial charge in [-0.25, -0.2) is 14.4 Å². The van der Waals surface area contributed by atoms with E-state index in [9.17, 15) is 19.1 Å². The van der Waals surface area contributed by atoms with Crippen LogP contribution in [0.25, 0.3) is 0 Å². The minimum Gasteiger partial charge on any atom is -0.493 e. The van der Waals surface area contributed by atoms with E-state index in [4.69, 9.17) is 4.74 Å². The summed E-state index contributed by atoms with van der Waals surface area (Å²) in [4.78, 5) is 40.0. The van der Waals surface area contributed by atoms with Gasteiger partial charge in [-0.2, -0.15) is 0 Å². The van der Waals surface area contributed by atoms with Crippen molar-refractivity contribution in [1.29, 1.82) is 0 Å². The van der Waals surface area contributed by atoms with Gasteiger partial charge in [0.05, 0.1) is 19.1 Å². The van der Waals surface area contributed by atoms with E-state index in [-0.39, 0.29) is 30.2 Å². The summed E-state index contributed by atoms with van der Waals surface area (Å²) in [6.07, 6.45) is 8.63. The van der Waals surface area contributed by atoms with Gasteiger partial charge in [-0.3, -0.25) is 14.5 Å². The number of aliphatic carboxylic acids is 1. The molecule has 2 aliphatic heterocycles. The number of rotatable bonds is 13. The van der Waals surface area contributed by atoms with E-state index in [0.717, 1.165) is 49.0 Å². The molecule has 1 aromatic heterocycles. The highest BCUT2D eigenvalue weighted by molar-refractivity contribution is 5.95. The highest BCUT2D eigenvalue weighted by Crippen LogP contribution is 2.41. The SMILES string of the molecule is CCCC(CCC)N(C(=O)CN1C[C@H](c2ccc3c(c2)CCO3)[C@@H](C(=O)O)[C@@H]1CCc1ncccn1)c1ccc(F)c(C)c1. The Morgan fingerprint density at radius 1 is 1.11 bits per heavy atom. The molecule has 0 unspecified atom stereocenters. The second-order valence-corrected chi connectivity index (χ2v) is 12.1. The summed E-state index contributed by atoms with van der Waals surface area (Å²) in [5, 5.41) is 10.6. The van der Waals surface area contributed by atoms with Crippen molar-refractivity contribution in [2.24, 2.45) is 5.92 Å². The number of benzene rings is 2. The van der Waals surface area contributed by atoms with Gasteiger partial charge in [-0.1, -0.05) is 38.8 Å². The molecule has 1 amide bonds. The van der Waals surface area contributed by atoms with Gasteiger partial charge in [0.2, 0.25) is 5.91 Å². The number of hydrogen-bond acceptors (Lipinski definition) is 6. The smallest absolute Gasteiger partial charge is 0.308 e. The zero-order valence-electron chi connectivity index (χ0n) is 25.9. The Balaban J connectivity index is 1.49. The molecule has 1 N–H and O–H groups in total. The number of hydrogen-bond donors (Lipinski definition) is 1. The van der Waals surface area contributed by atoms with E-state index in [1.807, 2.05) is 17.0 Å². The largest absolute Gasteiger partial charge is 0.493 e. The summed E-state index contributed by atoms with van der Waals surface area (Å²) in [7, 11) is 0. The molecule has 0 saturated carbocycles. The molecule has 2 aliphatic rings. The van der Waals surface area contributed by atoms with E-state index in [0.29, 0.717) is 43.1 Å². The molecule has 3 aromatic rings. The van der Waals surface area contributed by atoms with Gasteiger partial charge in [0.25, 0.3) is 0 Å². The summed E-state index contributed by atoms with van der Waals surface area (Å²) in [6.45, 7) is 7.05. The zero-order valence-corrected chi connectivity index (χ0v) is 25.9. The first-order valence-corrected chi connectivity index (χ1v) is 15.9. The normalized spacial score (nSPS) is 19.6. The molecule has 3 atom stereocenters. The van der Waals surface area contributed by atoms with Gasteiger partial charge < -0.3 is 14.7 Å². The molecule has 2 aromatic carbocycles. The van der Waals surface area contributed by atoms with E-state index in [2.05, 4.69) is 34.8 Å². The Bertz CT molecular complexity index is 1450. The fourth-order valence-corrected chi connectivity index (χ4v) is 7.02. The quantitative estimate of drug-likeness (QED) is 0.258. The number of aromatic nitrogens is 2. The van der Waals surface area contributed by atoms with Crippen LogP contribution in [0, 0.1) is 18.7 Å². The fraction of sp³-hybridized carbons (Fsp3) is 0.486. The second-order valence-electron chi connectivity index (χ2n) is 12.1. The van der Waals surface area contributed by atoms with Crippen molar-refractivity contribution in [2.45, 2.75) is 83.7 Å². The Labute approximate surface area is 259 Å². The Morgan fingerprint density at radius 3 is 2.55 bits per heavy atom. The molecule has 0 radical (unpaired) electrons. The number of carboxylic acid groups (broad SMARTS) is 1. The van der Waals surface area contributed by atoms with Crippen LogP contribution in [-0.2, 0) is 22.4 Å². The molecule has 0 aliphatic carbocycles. The number of carboxylic acids is 1. The monoisotopic (exact) mass is 602 g/mol. The van der Waals surface area contributed by atoms with Crippen LogP contribution in [-0.4, -0.2) is 63.6 Å². The maximum Gasteiger partial charge on any atom is 0.308 e. The summed E-state index contributed by atoms with van der Waals surface area (Å²) in [6, 6.07) is 12.2. The topological polar surface area (TPSA) is 95.9 Å². The van der Waals surface area contributed by atoms with Crippen LogP contribution < -0.4 is 9.64 Å². The molecular weight excluding hydrogens is 559 g/mol. The number of halogens is 1. The lowest BCUT2D eigenvalue weighted by Gasteiger charge is -2.35. The molecule has 0 spiro atoms. The lowest BCUT2D eigenvalue weighted by Crippen LogP contribution is -2.48. The summed E-state index contributed by atoms with van der Waals surface area (Å²) >= 11 is 0. The standard InChI is InChI=1S/C35H43FN4O4/c1-4-7-26(8-5-2)40(27-10-11-29(36)23(3)19-27)33(41)22-39-21-28(24-9-13-31-25(20-24)15-18-44-31)34(35(42)43)30(39)12-14-32-37-16-6-17-38-32/h6,9-11,13,16-17,19-20,26,28,30,34H,4-5,7-8,12,14-15,18,21-22H2,1-3H3,(H,42,43)/t28-,30+,34-/m1/s1. The first-order chi connectivity index (χ1) is 21.3. The number of fused-ring (bicyclic) bond motifs is 1. The van der Waals surface area contributed by atoms with E-state index >= 15 is 0 Å². The van der Waals surface area contributed by atoms with Crippen LogP contribution >= 0.6 is 0 Å². The average molecular weight is 603 g/mol. The van der Waals surface area contributed by atoms with Crippen molar-refractivity contribution in [3.8, 4) is 5.75 Å². The first-order valence-electron chi connectivity index (χ1n) is 15.9. The third-order valence-corrected chi connectivity index (χ3v) is 9.09. The van der Waals surface area contributed by atoms with Crippen molar-refractivity contribution in [3.05, 3.63) is 83.2 Å². The number of likely N-dealkylation sites (tertiary alicyclic amines) is 1. The number of ether oxygens (including phenoxy) is 1. The van der Waals surface area contributed by atoms with Gasteiger partial charge in [-0.15, -0.1) is 0 Å². The Morgan fingerprint density at radius 2 is 1.86 bits per heavy atom. The maximum absolute atomic E-state index is 14.4. The average Bonchev–Trinajstić information content (AvgIpc) is 3.63. The minimum atomic E-state index is -0.874. The maximum atomic E-state index is 14.4. The van der Waals surface area contributed by atoms with E-state index < -0.39 is 17.9 Å². The summed E-state index contributed by atoms with van der Waals surface area (Å²) < 4.78 is 20.0. The molecule has 3 heterocycles. The number of anilines is 1. The highest BCUT2D eigenvalue weighted by Gasteiger charge is 2.47.